The van der Waals surface area contributed by atoms with E-state index in [0.717, 1.165) is 25.7 Å². The van der Waals surface area contributed by atoms with Crippen LogP contribution in [0.25, 0.3) is 0 Å². The molecule has 2 atom stereocenters. The van der Waals surface area contributed by atoms with Gasteiger partial charge in [-0.05, 0) is 6.42 Å². The fourth-order valence-corrected chi connectivity index (χ4v) is 1.43. The van der Waals surface area contributed by atoms with Gasteiger partial charge in [0.05, 0.1) is 18.6 Å². The van der Waals surface area contributed by atoms with Crippen LogP contribution in [-0.2, 0) is 9.59 Å². The molecule has 0 aliphatic carbocycles. The molecule has 0 aromatic carbocycles. The number of aliphatic hydroxyl groups excluding tert-OH is 1. The van der Waals surface area contributed by atoms with Crippen molar-refractivity contribution in [2.45, 2.75) is 45.1 Å². The van der Waals surface area contributed by atoms with E-state index in [1.165, 1.54) is 0 Å². The lowest BCUT2D eigenvalue weighted by Gasteiger charge is -2.12. The minimum atomic E-state index is -0.911. The quantitative estimate of drug-likeness (QED) is 0.336. The Bertz CT molecular complexity index is 194. The first-order chi connectivity index (χ1) is 7.17. The van der Waals surface area contributed by atoms with Crippen LogP contribution in [0.3, 0.4) is 0 Å². The first-order valence-electron chi connectivity index (χ1n) is 5.52. The van der Waals surface area contributed by atoms with Gasteiger partial charge in [-0.15, -0.1) is 0 Å². The molecule has 0 aromatic rings. The monoisotopic (exact) mass is 215 g/mol. The van der Waals surface area contributed by atoms with E-state index in [9.17, 15) is 9.59 Å². The Morgan fingerprint density at radius 2 is 2.07 bits per heavy atom. The highest BCUT2D eigenvalue weighted by Crippen LogP contribution is 2.11. The van der Waals surface area contributed by atoms with Gasteiger partial charge in [0.15, 0.2) is 5.78 Å². The minimum absolute atomic E-state index is 0.344. The third kappa shape index (κ3) is 5.64. The molecule has 0 aromatic heterocycles. The molecule has 4 heteroatoms. The van der Waals surface area contributed by atoms with Gasteiger partial charge in [0.1, 0.15) is 6.29 Å². The van der Waals surface area contributed by atoms with Gasteiger partial charge in [0.2, 0.25) is 0 Å². The molecule has 0 radical (unpaired) electrons. The summed E-state index contributed by atoms with van der Waals surface area (Å²) in [5.74, 6) is -0.979. The Morgan fingerprint density at radius 1 is 1.40 bits per heavy atom. The molecule has 0 spiro atoms. The van der Waals surface area contributed by atoms with Crippen molar-refractivity contribution in [1.82, 2.24) is 0 Å². The van der Waals surface area contributed by atoms with Crippen molar-refractivity contribution in [3.8, 4) is 0 Å². The Labute approximate surface area is 90.8 Å². The fourth-order valence-electron chi connectivity index (χ4n) is 1.43. The number of hydrogen-bond acceptors (Lipinski definition) is 4. The fraction of sp³-hybridized carbons (Fsp3) is 0.818. The molecule has 0 heterocycles. The molecule has 3 N–H and O–H groups in total. The lowest BCUT2D eigenvalue weighted by molar-refractivity contribution is -0.129. The van der Waals surface area contributed by atoms with Crippen molar-refractivity contribution in [1.29, 1.82) is 0 Å². The van der Waals surface area contributed by atoms with Crippen molar-refractivity contribution in [3.05, 3.63) is 0 Å². The zero-order valence-electron chi connectivity index (χ0n) is 9.32. The van der Waals surface area contributed by atoms with Gasteiger partial charge in [-0.1, -0.05) is 32.6 Å². The molecular weight excluding hydrogens is 194 g/mol. The van der Waals surface area contributed by atoms with Crippen LogP contribution in [-0.4, -0.2) is 29.8 Å². The summed E-state index contributed by atoms with van der Waals surface area (Å²) in [5.41, 5.74) is 5.36. The van der Waals surface area contributed by atoms with Gasteiger partial charge in [0.25, 0.3) is 0 Å². The van der Waals surface area contributed by atoms with Crippen LogP contribution in [0.15, 0.2) is 0 Å². The Hall–Kier alpha value is -0.740. The molecule has 0 aliphatic rings. The van der Waals surface area contributed by atoms with E-state index in [0.29, 0.717) is 12.7 Å². The summed E-state index contributed by atoms with van der Waals surface area (Å²) in [6.07, 6.45) is 5.32. The standard InChI is InChI=1S/C11H21NO3/c1-2-3-4-5-6-9(7-13)11(15)10(12)8-14/h7,9-10,14H,2-6,8,12H2,1H3/t9?,10-/m0/s1. The molecule has 0 aliphatic heterocycles. The van der Waals surface area contributed by atoms with E-state index in [4.69, 9.17) is 10.8 Å². The first-order valence-corrected chi connectivity index (χ1v) is 5.52. The number of unbranched alkanes of at least 4 members (excludes halogenated alkanes) is 3. The summed E-state index contributed by atoms with van der Waals surface area (Å²) in [6, 6.07) is -0.911. The van der Waals surface area contributed by atoms with Gasteiger partial charge < -0.3 is 15.6 Å². The molecule has 0 rings (SSSR count). The maximum atomic E-state index is 11.5. The van der Waals surface area contributed by atoms with Crippen molar-refractivity contribution in [2.24, 2.45) is 11.7 Å². The van der Waals surface area contributed by atoms with E-state index in [-0.39, 0.29) is 5.78 Å². The summed E-state index contributed by atoms with van der Waals surface area (Å²) in [4.78, 5) is 22.1. The Morgan fingerprint density at radius 3 is 2.53 bits per heavy atom. The Balaban J connectivity index is 3.91. The summed E-state index contributed by atoms with van der Waals surface area (Å²) in [7, 11) is 0. The highest BCUT2D eigenvalue weighted by Gasteiger charge is 2.22. The number of carbonyl (C=O) groups excluding carboxylic acids is 2. The first kappa shape index (κ1) is 14.3. The van der Waals surface area contributed by atoms with Crippen molar-refractivity contribution in [2.75, 3.05) is 6.61 Å². The zero-order valence-corrected chi connectivity index (χ0v) is 9.32. The van der Waals surface area contributed by atoms with Gasteiger partial charge in [-0.25, -0.2) is 0 Å². The van der Waals surface area contributed by atoms with Crippen LogP contribution in [0, 0.1) is 5.92 Å². The van der Waals surface area contributed by atoms with E-state index >= 15 is 0 Å². The largest absolute Gasteiger partial charge is 0.394 e. The summed E-state index contributed by atoms with van der Waals surface area (Å²) in [5, 5.41) is 8.70. The normalized spacial score (nSPS) is 14.6. The number of aldehydes is 1. The second kappa shape index (κ2) is 8.56. The predicted molar refractivity (Wildman–Crippen MR) is 58.4 cm³/mol. The molecule has 15 heavy (non-hydrogen) atoms. The molecule has 1 unspecified atom stereocenters. The lowest BCUT2D eigenvalue weighted by Crippen LogP contribution is -2.39. The van der Waals surface area contributed by atoms with E-state index in [2.05, 4.69) is 6.92 Å². The van der Waals surface area contributed by atoms with E-state index in [1.54, 1.807) is 0 Å². The van der Waals surface area contributed by atoms with Crippen molar-refractivity contribution < 1.29 is 14.7 Å². The average molecular weight is 215 g/mol. The smallest absolute Gasteiger partial charge is 0.161 e. The van der Waals surface area contributed by atoms with Gasteiger partial charge in [0, 0.05) is 0 Å². The topological polar surface area (TPSA) is 80.4 Å². The molecule has 0 saturated carbocycles. The molecule has 4 nitrogen and oxygen atoms in total. The third-order valence-corrected chi connectivity index (χ3v) is 2.46. The average Bonchev–Trinajstić information content (AvgIpc) is 2.27. The predicted octanol–water partition coefficient (Wildman–Crippen LogP) is 0.661. The molecule has 0 bridgehead atoms. The van der Waals surface area contributed by atoms with Crippen molar-refractivity contribution in [3.63, 3.8) is 0 Å². The van der Waals surface area contributed by atoms with Crippen LogP contribution in [0.4, 0.5) is 0 Å². The molecule has 88 valence electrons. The second-order valence-electron chi connectivity index (χ2n) is 3.78. The number of ketones is 1. The number of nitrogens with two attached hydrogens (primary N) is 1. The van der Waals surface area contributed by atoms with E-state index < -0.39 is 18.6 Å². The van der Waals surface area contributed by atoms with Crippen LogP contribution in [0.5, 0.6) is 0 Å². The molecular formula is C11H21NO3. The highest BCUT2D eigenvalue weighted by molar-refractivity contribution is 5.96. The second-order valence-corrected chi connectivity index (χ2v) is 3.78. The highest BCUT2D eigenvalue weighted by atomic mass is 16.3. The van der Waals surface area contributed by atoms with Crippen molar-refractivity contribution >= 4 is 12.1 Å². The molecule has 0 amide bonds. The summed E-state index contributed by atoms with van der Waals surface area (Å²) < 4.78 is 0. The number of rotatable bonds is 9. The number of hydrogen-bond donors (Lipinski definition) is 2. The third-order valence-electron chi connectivity index (χ3n) is 2.46. The number of Topliss-reactive ketones (excluding diaryl/α,β-unsaturated/α-hetero) is 1. The molecule has 0 saturated heterocycles. The lowest BCUT2D eigenvalue weighted by atomic mass is 9.94. The summed E-state index contributed by atoms with van der Waals surface area (Å²) in [6.45, 7) is 1.71. The van der Waals surface area contributed by atoms with Crippen LogP contribution >= 0.6 is 0 Å². The minimum Gasteiger partial charge on any atom is -0.394 e. The maximum absolute atomic E-state index is 11.5. The van der Waals surface area contributed by atoms with Gasteiger partial charge >= 0.3 is 0 Å². The van der Waals surface area contributed by atoms with Crippen LogP contribution < -0.4 is 5.73 Å². The SMILES string of the molecule is CCCCCCC(C=O)C(=O)[C@@H](N)CO. The maximum Gasteiger partial charge on any atom is 0.161 e. The number of carbonyl (C=O) groups is 2. The van der Waals surface area contributed by atoms with Crippen LogP contribution in [0.1, 0.15) is 39.0 Å². The van der Waals surface area contributed by atoms with Crippen LogP contribution in [0.2, 0.25) is 0 Å². The van der Waals surface area contributed by atoms with Gasteiger partial charge in [-0.3, -0.25) is 4.79 Å². The summed E-state index contributed by atoms with van der Waals surface area (Å²) >= 11 is 0. The Kier molecular flexibility index (Phi) is 8.14. The van der Waals surface area contributed by atoms with E-state index in [1.807, 2.05) is 0 Å². The molecule has 0 fully saturated rings. The zero-order chi connectivity index (χ0) is 11.7. The number of aliphatic hydroxyl groups is 1. The van der Waals surface area contributed by atoms with Gasteiger partial charge in [-0.2, -0.15) is 0 Å².